The summed E-state index contributed by atoms with van der Waals surface area (Å²) in [5.74, 6) is 0.0541. The Morgan fingerprint density at radius 2 is 2.12 bits per heavy atom. The number of carbonyl (C=O) groups is 2. The number of aliphatic hydroxyl groups is 1. The highest BCUT2D eigenvalue weighted by molar-refractivity contribution is 5.85. The van der Waals surface area contributed by atoms with Crippen molar-refractivity contribution in [2.24, 2.45) is 17.8 Å². The number of aliphatic hydroxyl groups excluding tert-OH is 1. The summed E-state index contributed by atoms with van der Waals surface area (Å²) in [5, 5.41) is 21.8. The third-order valence-electron chi connectivity index (χ3n) is 7.42. The molecule has 1 aromatic heterocycles. The Hall–Kier alpha value is -2.84. The van der Waals surface area contributed by atoms with Gasteiger partial charge in [-0.2, -0.15) is 0 Å². The molecule has 0 spiro atoms. The zero-order valence-corrected chi connectivity index (χ0v) is 19.0. The van der Waals surface area contributed by atoms with Gasteiger partial charge >= 0.3 is 12.1 Å². The number of esters is 1. The van der Waals surface area contributed by atoms with Gasteiger partial charge in [0.25, 0.3) is 0 Å². The number of para-hydroxylation sites is 1. The van der Waals surface area contributed by atoms with Crippen molar-refractivity contribution in [2.75, 3.05) is 26.7 Å². The molecule has 2 fully saturated rings. The summed E-state index contributed by atoms with van der Waals surface area (Å²) in [4.78, 5) is 28.2. The van der Waals surface area contributed by atoms with E-state index in [9.17, 15) is 14.7 Å². The van der Waals surface area contributed by atoms with Crippen molar-refractivity contribution in [3.05, 3.63) is 48.2 Å². The second-order valence-corrected chi connectivity index (χ2v) is 9.15. The van der Waals surface area contributed by atoms with Gasteiger partial charge in [0.05, 0.1) is 25.2 Å². The van der Waals surface area contributed by atoms with Crippen LogP contribution in [0.15, 0.2) is 36.9 Å². The minimum Gasteiger partial charge on any atom is -0.469 e. The first kappa shape index (κ1) is 23.3. The van der Waals surface area contributed by atoms with E-state index in [1.165, 1.54) is 35.3 Å². The number of piperidine rings is 1. The molecule has 2 aliphatic heterocycles. The molecule has 8 heteroatoms. The molecule has 5 rings (SSSR count). The highest BCUT2D eigenvalue weighted by Crippen LogP contribution is 2.49. The third kappa shape index (κ3) is 4.63. The molecule has 0 unspecified atom stereocenters. The zero-order valence-electron chi connectivity index (χ0n) is 19.0. The minimum absolute atomic E-state index is 0.199. The van der Waals surface area contributed by atoms with Gasteiger partial charge in [0.2, 0.25) is 0 Å². The Kier molecular flexibility index (Phi) is 7.05. The molecule has 3 heterocycles. The highest BCUT2D eigenvalue weighted by Gasteiger charge is 2.49. The number of nitrogens with one attached hydrogen (secondary N) is 2. The van der Waals surface area contributed by atoms with Crippen molar-refractivity contribution in [3.8, 4) is 0 Å². The molecule has 1 aromatic carbocycles. The number of fused-ring (bicyclic) bond motifs is 6. The van der Waals surface area contributed by atoms with Gasteiger partial charge in [0.15, 0.2) is 0 Å². The van der Waals surface area contributed by atoms with Crippen molar-refractivity contribution in [1.29, 1.82) is 0 Å². The Morgan fingerprint density at radius 1 is 1.33 bits per heavy atom. The van der Waals surface area contributed by atoms with Crippen LogP contribution in [0.2, 0.25) is 0 Å². The van der Waals surface area contributed by atoms with Gasteiger partial charge in [-0.25, -0.2) is 4.79 Å². The van der Waals surface area contributed by atoms with Crippen LogP contribution < -0.4 is 5.32 Å². The lowest BCUT2D eigenvalue weighted by atomic mass is 9.65. The lowest BCUT2D eigenvalue weighted by Crippen LogP contribution is -2.53. The monoisotopic (exact) mass is 455 g/mol. The van der Waals surface area contributed by atoms with Gasteiger partial charge < -0.3 is 25.3 Å². The van der Waals surface area contributed by atoms with Gasteiger partial charge in [-0.15, -0.1) is 6.58 Å². The number of ether oxygens (including phenoxy) is 1. The normalized spacial score (nSPS) is 28.4. The van der Waals surface area contributed by atoms with Crippen molar-refractivity contribution in [3.63, 3.8) is 0 Å². The van der Waals surface area contributed by atoms with E-state index in [1.54, 1.807) is 0 Å². The molecule has 178 valence electrons. The fourth-order valence-electron chi connectivity index (χ4n) is 5.96. The minimum atomic E-state index is -1.01. The smallest absolute Gasteiger partial charge is 0.404 e. The summed E-state index contributed by atoms with van der Waals surface area (Å²) in [7, 11) is 1.43. The number of H-pyrrole nitrogens is 1. The Bertz CT molecular complexity index is 1020. The van der Waals surface area contributed by atoms with Gasteiger partial charge in [0, 0.05) is 36.2 Å². The maximum atomic E-state index is 12.4. The number of carbonyl (C=O) groups excluding carboxylic acids is 1. The fourth-order valence-corrected chi connectivity index (χ4v) is 5.96. The summed E-state index contributed by atoms with van der Waals surface area (Å²) in [6.07, 6.45) is 3.60. The number of rotatable bonds is 3. The Labute approximate surface area is 193 Å². The first-order valence-corrected chi connectivity index (χ1v) is 11.6. The van der Waals surface area contributed by atoms with Crippen molar-refractivity contribution in [1.82, 2.24) is 15.2 Å². The van der Waals surface area contributed by atoms with Crippen LogP contribution in [-0.2, 0) is 16.0 Å². The first-order valence-electron chi connectivity index (χ1n) is 11.6. The molecular formula is C25H33N3O5. The van der Waals surface area contributed by atoms with E-state index in [1.807, 2.05) is 0 Å². The number of benzene rings is 1. The lowest BCUT2D eigenvalue weighted by molar-refractivity contribution is -0.160. The third-order valence-corrected chi connectivity index (χ3v) is 7.42. The number of nitrogens with zero attached hydrogens (tertiary/aromatic N) is 1. The van der Waals surface area contributed by atoms with E-state index in [-0.39, 0.29) is 17.8 Å². The van der Waals surface area contributed by atoms with Crippen molar-refractivity contribution >= 4 is 23.0 Å². The van der Waals surface area contributed by atoms with Crippen molar-refractivity contribution < 1.29 is 24.5 Å². The van der Waals surface area contributed by atoms with E-state index in [4.69, 9.17) is 9.84 Å². The molecule has 33 heavy (non-hydrogen) atoms. The van der Waals surface area contributed by atoms with Crippen molar-refractivity contribution in [2.45, 2.75) is 37.8 Å². The number of aromatic amines is 1. The average Bonchev–Trinajstić information content (AvgIpc) is 3.20. The van der Waals surface area contributed by atoms with Gasteiger partial charge in [-0.1, -0.05) is 24.3 Å². The predicted molar refractivity (Wildman–Crippen MR) is 125 cm³/mol. The van der Waals surface area contributed by atoms with Crippen LogP contribution in [0.4, 0.5) is 4.79 Å². The molecule has 2 aromatic rings. The van der Waals surface area contributed by atoms with Crippen LogP contribution in [0.5, 0.6) is 0 Å². The molecule has 5 atom stereocenters. The number of aromatic nitrogens is 1. The topological polar surface area (TPSA) is 115 Å². The van der Waals surface area contributed by atoms with Crippen LogP contribution >= 0.6 is 0 Å². The van der Waals surface area contributed by atoms with E-state index < -0.39 is 12.2 Å². The molecule has 1 saturated heterocycles. The summed E-state index contributed by atoms with van der Waals surface area (Å²) in [6, 6.07) is 8.83. The standard InChI is InChI=1S/C21H26N2O3.C4H7NO2/c1-26-21(25)19-15-10-17-20-14(13-4-2-3-5-16(13)22-20)8-9-23(17)11-12(15)6-7-18(19)24;1-2-3-5-4(6)7/h2-5,12,15,17-19,22,24H,6-11H2,1H3;2,5H,1,3H2,(H,6,7)/t12-,15-,17-,18-,19+;/m0./s1. The molecule has 0 bridgehead atoms. The van der Waals surface area contributed by atoms with Crippen LogP contribution in [-0.4, -0.2) is 65.0 Å². The molecule has 1 aliphatic carbocycles. The number of carboxylic acid groups (broad SMARTS) is 1. The Balaban J connectivity index is 0.000000325. The van der Waals surface area contributed by atoms with Crippen LogP contribution in [0.1, 0.15) is 36.6 Å². The predicted octanol–water partition coefficient (Wildman–Crippen LogP) is 3.09. The quantitative estimate of drug-likeness (QED) is 0.418. The second kappa shape index (κ2) is 9.97. The number of hydrogen-bond donors (Lipinski definition) is 4. The van der Waals surface area contributed by atoms with Crippen LogP contribution in [0, 0.1) is 17.8 Å². The van der Waals surface area contributed by atoms with Gasteiger partial charge in [-0.05, 0) is 49.1 Å². The average molecular weight is 456 g/mol. The second-order valence-electron chi connectivity index (χ2n) is 9.15. The Morgan fingerprint density at radius 3 is 2.82 bits per heavy atom. The summed E-state index contributed by atoms with van der Waals surface area (Å²) in [6.45, 7) is 5.72. The van der Waals surface area contributed by atoms with Gasteiger partial charge in [-0.3, -0.25) is 9.69 Å². The maximum absolute atomic E-state index is 12.4. The van der Waals surface area contributed by atoms with E-state index in [0.29, 0.717) is 24.9 Å². The fraction of sp³-hybridized carbons (Fsp3) is 0.520. The number of methoxy groups -OCH3 is 1. The van der Waals surface area contributed by atoms with E-state index in [2.05, 4.69) is 46.0 Å². The summed E-state index contributed by atoms with van der Waals surface area (Å²) in [5.41, 5.74) is 3.96. The molecule has 4 N–H and O–H groups in total. The molecule has 8 nitrogen and oxygen atoms in total. The molecule has 1 saturated carbocycles. The maximum Gasteiger partial charge on any atom is 0.404 e. The van der Waals surface area contributed by atoms with Gasteiger partial charge in [0.1, 0.15) is 0 Å². The summed E-state index contributed by atoms with van der Waals surface area (Å²) < 4.78 is 5.04. The highest BCUT2D eigenvalue weighted by atomic mass is 16.5. The molecule has 1 amide bonds. The van der Waals surface area contributed by atoms with Crippen LogP contribution in [0.3, 0.4) is 0 Å². The first-order chi connectivity index (χ1) is 15.9. The van der Waals surface area contributed by atoms with E-state index >= 15 is 0 Å². The largest absolute Gasteiger partial charge is 0.469 e. The number of amides is 1. The molecular weight excluding hydrogens is 422 g/mol. The summed E-state index contributed by atoms with van der Waals surface area (Å²) >= 11 is 0. The number of hydrogen-bond acceptors (Lipinski definition) is 5. The van der Waals surface area contributed by atoms with Crippen LogP contribution in [0.25, 0.3) is 10.9 Å². The molecule has 3 aliphatic rings. The lowest BCUT2D eigenvalue weighted by Gasteiger charge is -2.50. The SMILES string of the molecule is C=CCNC(=O)O.COC(=O)[C@@H]1[C@H]2C[C@H]3c4[nH]c5ccccc5c4CCN3C[C@@H]2CC[C@@H]1O. The zero-order chi connectivity index (χ0) is 23.5. The molecule has 0 radical (unpaired) electrons. The van der Waals surface area contributed by atoms with E-state index in [0.717, 1.165) is 32.4 Å².